The molecule has 3 heterocycles. The van der Waals surface area contributed by atoms with E-state index in [1.165, 1.54) is 0 Å². The first-order chi connectivity index (χ1) is 12.8. The Bertz CT molecular complexity index is 882. The second kappa shape index (κ2) is 7.51. The van der Waals surface area contributed by atoms with Crippen LogP contribution in [0.5, 0.6) is 0 Å². The molecule has 1 aromatic carbocycles. The number of rotatable bonds is 5. The van der Waals surface area contributed by atoms with Crippen LogP contribution in [0.15, 0.2) is 81.3 Å². The molecule has 0 aliphatic carbocycles. The number of nitrogens with zero attached hydrogens (tertiary/aromatic N) is 2. The summed E-state index contributed by atoms with van der Waals surface area (Å²) in [5.74, 6) is 0.897. The monoisotopic (exact) mass is 381 g/mol. The molecule has 26 heavy (non-hydrogen) atoms. The zero-order chi connectivity index (χ0) is 17.9. The van der Waals surface area contributed by atoms with Gasteiger partial charge in [0.2, 0.25) is 0 Å². The molecule has 132 valence electrons. The van der Waals surface area contributed by atoms with Crippen LogP contribution in [0.4, 0.5) is 0 Å². The second-order valence-electron chi connectivity index (χ2n) is 5.98. The number of hydrogen-bond acceptors (Lipinski definition) is 4. The lowest BCUT2D eigenvalue weighted by Crippen LogP contribution is -2.29. The summed E-state index contributed by atoms with van der Waals surface area (Å²) in [5.41, 5.74) is 0.962. The molecule has 0 amide bonds. The zero-order valence-electron chi connectivity index (χ0n) is 14.3. The highest BCUT2D eigenvalue weighted by molar-refractivity contribution is 7.99. The molecule has 4 rings (SSSR count). The van der Waals surface area contributed by atoms with Crippen molar-refractivity contribution in [2.45, 2.75) is 29.0 Å². The van der Waals surface area contributed by atoms with Crippen molar-refractivity contribution in [3.63, 3.8) is 0 Å². The molecule has 6 heteroatoms. The Hall–Kier alpha value is -2.31. The fraction of sp³-hybridized carbons (Fsp3) is 0.200. The molecule has 2 aromatic heterocycles. The molecule has 3 aromatic rings. The molecule has 1 fully saturated rings. The quantitative estimate of drug-likeness (QED) is 0.639. The number of pyridine rings is 1. The standard InChI is InChI=1S/C20H19N3OS2/c1-2-23-19(18(22-20(23)25)15-10-6-7-13-21-15)16-11-12-17(24-16)26-14-8-4-3-5-9-14/h3-13,18-19H,2H2,1H3,(H,22,25). The molecule has 1 aliphatic heterocycles. The molecule has 0 spiro atoms. The second-order valence-corrected chi connectivity index (χ2v) is 7.45. The highest BCUT2D eigenvalue weighted by Crippen LogP contribution is 2.40. The van der Waals surface area contributed by atoms with Crippen LogP contribution < -0.4 is 5.32 Å². The molecule has 0 bridgehead atoms. The summed E-state index contributed by atoms with van der Waals surface area (Å²) in [6, 6.07) is 20.2. The van der Waals surface area contributed by atoms with Crippen LogP contribution in [0, 0.1) is 0 Å². The Kier molecular flexibility index (Phi) is 4.95. The van der Waals surface area contributed by atoms with Gasteiger partial charge >= 0.3 is 0 Å². The van der Waals surface area contributed by atoms with Gasteiger partial charge in [-0.25, -0.2) is 0 Å². The predicted octanol–water partition coefficient (Wildman–Crippen LogP) is 4.82. The number of aromatic nitrogens is 1. The Labute approximate surface area is 162 Å². The Balaban J connectivity index is 1.64. The van der Waals surface area contributed by atoms with E-state index >= 15 is 0 Å². The lowest BCUT2D eigenvalue weighted by atomic mass is 10.0. The van der Waals surface area contributed by atoms with Gasteiger partial charge in [-0.2, -0.15) is 0 Å². The Morgan fingerprint density at radius 1 is 1.12 bits per heavy atom. The first-order valence-electron chi connectivity index (χ1n) is 8.57. The zero-order valence-corrected chi connectivity index (χ0v) is 16.0. The molecule has 2 unspecified atom stereocenters. The fourth-order valence-electron chi connectivity index (χ4n) is 3.21. The van der Waals surface area contributed by atoms with Crippen molar-refractivity contribution in [1.29, 1.82) is 0 Å². The molecular formula is C20H19N3OS2. The van der Waals surface area contributed by atoms with Crippen LogP contribution in [0.25, 0.3) is 0 Å². The SMILES string of the molecule is CCN1C(=S)NC(c2ccccn2)C1c1ccc(Sc2ccccc2)o1. The third-order valence-corrected chi connectivity index (χ3v) is 5.67. The lowest BCUT2D eigenvalue weighted by Gasteiger charge is -2.24. The van der Waals surface area contributed by atoms with Crippen molar-refractivity contribution in [3.8, 4) is 0 Å². The van der Waals surface area contributed by atoms with Gasteiger partial charge in [-0.15, -0.1) is 0 Å². The van der Waals surface area contributed by atoms with Gasteiger partial charge in [-0.3, -0.25) is 4.98 Å². The maximum atomic E-state index is 6.20. The first-order valence-corrected chi connectivity index (χ1v) is 9.79. The van der Waals surface area contributed by atoms with Gasteiger partial charge in [-0.1, -0.05) is 36.0 Å². The average molecular weight is 382 g/mol. The summed E-state index contributed by atoms with van der Waals surface area (Å²) in [4.78, 5) is 7.83. The summed E-state index contributed by atoms with van der Waals surface area (Å²) in [5, 5.41) is 5.02. The van der Waals surface area contributed by atoms with Crippen LogP contribution >= 0.6 is 24.0 Å². The van der Waals surface area contributed by atoms with Gasteiger partial charge in [-0.05, 0) is 55.5 Å². The molecule has 4 nitrogen and oxygen atoms in total. The number of furan rings is 1. The van der Waals surface area contributed by atoms with E-state index in [9.17, 15) is 0 Å². The summed E-state index contributed by atoms with van der Waals surface area (Å²) < 4.78 is 6.20. The van der Waals surface area contributed by atoms with E-state index in [-0.39, 0.29) is 12.1 Å². The Morgan fingerprint density at radius 3 is 2.65 bits per heavy atom. The van der Waals surface area contributed by atoms with Crippen LogP contribution in [-0.2, 0) is 0 Å². The summed E-state index contributed by atoms with van der Waals surface area (Å²) in [7, 11) is 0. The number of hydrogen-bond donors (Lipinski definition) is 1. The summed E-state index contributed by atoms with van der Waals surface area (Å²) in [6.07, 6.45) is 1.81. The third-order valence-electron chi connectivity index (χ3n) is 4.39. The number of likely N-dealkylation sites (N-methyl/N-ethyl adjacent to an activating group) is 1. The summed E-state index contributed by atoms with van der Waals surface area (Å²) >= 11 is 7.17. The van der Waals surface area contributed by atoms with Crippen LogP contribution in [-0.4, -0.2) is 21.5 Å². The van der Waals surface area contributed by atoms with E-state index in [2.05, 4.69) is 34.3 Å². The predicted molar refractivity (Wildman–Crippen MR) is 107 cm³/mol. The average Bonchev–Trinajstić information content (AvgIpc) is 3.27. The Morgan fingerprint density at radius 2 is 1.92 bits per heavy atom. The van der Waals surface area contributed by atoms with E-state index in [1.54, 1.807) is 11.8 Å². The molecule has 1 saturated heterocycles. The number of benzene rings is 1. The number of thiocarbonyl (C=S) groups is 1. The first kappa shape index (κ1) is 17.1. The molecule has 0 radical (unpaired) electrons. The van der Waals surface area contributed by atoms with Crippen LogP contribution in [0.3, 0.4) is 0 Å². The van der Waals surface area contributed by atoms with Crippen molar-refractivity contribution >= 4 is 29.1 Å². The smallest absolute Gasteiger partial charge is 0.170 e. The minimum absolute atomic E-state index is 0.00692. The van der Waals surface area contributed by atoms with Crippen molar-refractivity contribution in [3.05, 3.63) is 78.3 Å². The minimum atomic E-state index is -0.0237. The van der Waals surface area contributed by atoms with Crippen molar-refractivity contribution < 1.29 is 4.42 Å². The number of nitrogens with one attached hydrogen (secondary N) is 1. The topological polar surface area (TPSA) is 41.3 Å². The lowest BCUT2D eigenvalue weighted by molar-refractivity contribution is 0.267. The van der Waals surface area contributed by atoms with Crippen LogP contribution in [0.2, 0.25) is 0 Å². The molecule has 0 saturated carbocycles. The summed E-state index contributed by atoms with van der Waals surface area (Å²) in [6.45, 7) is 2.91. The van der Waals surface area contributed by atoms with Crippen molar-refractivity contribution in [1.82, 2.24) is 15.2 Å². The molecular weight excluding hydrogens is 362 g/mol. The molecule has 1 aliphatic rings. The minimum Gasteiger partial charge on any atom is -0.452 e. The van der Waals surface area contributed by atoms with Crippen molar-refractivity contribution in [2.75, 3.05) is 6.54 Å². The van der Waals surface area contributed by atoms with Gasteiger partial charge in [0.05, 0.1) is 11.7 Å². The van der Waals surface area contributed by atoms with Crippen LogP contribution in [0.1, 0.15) is 30.5 Å². The maximum Gasteiger partial charge on any atom is 0.170 e. The van der Waals surface area contributed by atoms with Crippen molar-refractivity contribution in [2.24, 2.45) is 0 Å². The largest absolute Gasteiger partial charge is 0.452 e. The van der Waals surface area contributed by atoms with E-state index in [4.69, 9.17) is 16.6 Å². The van der Waals surface area contributed by atoms with Gasteiger partial charge in [0.25, 0.3) is 0 Å². The van der Waals surface area contributed by atoms with Gasteiger partial charge in [0.15, 0.2) is 10.2 Å². The highest BCUT2D eigenvalue weighted by atomic mass is 32.2. The normalized spacial score (nSPS) is 19.6. The van der Waals surface area contributed by atoms with E-state index in [0.717, 1.165) is 33.1 Å². The van der Waals surface area contributed by atoms with Gasteiger partial charge < -0.3 is 14.6 Å². The molecule has 1 N–H and O–H groups in total. The third kappa shape index (κ3) is 3.34. The van der Waals surface area contributed by atoms with Gasteiger partial charge in [0.1, 0.15) is 11.8 Å². The van der Waals surface area contributed by atoms with Gasteiger partial charge in [0, 0.05) is 17.6 Å². The van der Waals surface area contributed by atoms with E-state index in [0.29, 0.717) is 0 Å². The highest BCUT2D eigenvalue weighted by Gasteiger charge is 2.40. The van der Waals surface area contributed by atoms with E-state index in [1.807, 2.05) is 54.7 Å². The molecule has 2 atom stereocenters. The maximum absolute atomic E-state index is 6.20. The van der Waals surface area contributed by atoms with E-state index < -0.39 is 0 Å². The fourth-order valence-corrected chi connectivity index (χ4v) is 4.38.